The Morgan fingerprint density at radius 1 is 1.06 bits per heavy atom. The Labute approximate surface area is 197 Å². The van der Waals surface area contributed by atoms with Gasteiger partial charge in [-0.15, -0.1) is 0 Å². The Morgan fingerprint density at radius 3 is 2.50 bits per heavy atom. The highest BCUT2D eigenvalue weighted by Crippen LogP contribution is 2.43. The number of urea groups is 1. The van der Waals surface area contributed by atoms with Gasteiger partial charge in [-0.1, -0.05) is 42.7 Å². The molecular formula is C26H28FN3O4. The number of rotatable bonds is 5. The van der Waals surface area contributed by atoms with E-state index in [1.807, 2.05) is 31.2 Å². The van der Waals surface area contributed by atoms with Crippen LogP contribution in [0.4, 0.5) is 14.9 Å². The minimum absolute atomic E-state index is 0.0203. The second-order valence-electron chi connectivity index (χ2n) is 9.36. The number of fused-ring (bicyclic) bond motifs is 3. The zero-order valence-corrected chi connectivity index (χ0v) is 19.1. The van der Waals surface area contributed by atoms with Crippen molar-refractivity contribution in [3.8, 4) is 0 Å². The third kappa shape index (κ3) is 4.18. The number of benzene rings is 2. The fourth-order valence-corrected chi connectivity index (χ4v) is 5.37. The molecule has 3 aliphatic rings. The van der Waals surface area contributed by atoms with E-state index in [-0.39, 0.29) is 30.2 Å². The van der Waals surface area contributed by atoms with Crippen LogP contribution >= 0.6 is 0 Å². The number of nitrogens with one attached hydrogen (secondary N) is 1. The lowest BCUT2D eigenvalue weighted by Gasteiger charge is -2.42. The Hall–Kier alpha value is -3.26. The average molecular weight is 466 g/mol. The summed E-state index contributed by atoms with van der Waals surface area (Å²) >= 11 is 0. The molecule has 4 amide bonds. The predicted octanol–water partition coefficient (Wildman–Crippen LogP) is 3.55. The molecule has 5 rings (SSSR count). The van der Waals surface area contributed by atoms with Gasteiger partial charge in [-0.3, -0.25) is 9.59 Å². The second kappa shape index (κ2) is 9.18. The van der Waals surface area contributed by atoms with Crippen molar-refractivity contribution in [2.75, 3.05) is 11.4 Å². The SMILES string of the molecule is Cc1ccc(CNC(=O)CN2C(=O)N(c3ccc(F)cc3)C(=O)C3OC4CCCCC4C32)cc1. The third-order valence-corrected chi connectivity index (χ3v) is 7.09. The van der Waals surface area contributed by atoms with Crippen molar-refractivity contribution in [3.05, 3.63) is 65.5 Å². The van der Waals surface area contributed by atoms with E-state index < -0.39 is 29.9 Å². The average Bonchev–Trinajstić information content (AvgIpc) is 3.23. The molecule has 8 heteroatoms. The summed E-state index contributed by atoms with van der Waals surface area (Å²) in [5, 5.41) is 2.88. The van der Waals surface area contributed by atoms with Crippen LogP contribution in [-0.4, -0.2) is 47.5 Å². The fourth-order valence-electron chi connectivity index (χ4n) is 5.37. The maximum absolute atomic E-state index is 13.6. The number of halogens is 1. The van der Waals surface area contributed by atoms with Crippen molar-refractivity contribution in [1.29, 1.82) is 0 Å². The second-order valence-corrected chi connectivity index (χ2v) is 9.36. The third-order valence-electron chi connectivity index (χ3n) is 7.09. The van der Waals surface area contributed by atoms with Crippen molar-refractivity contribution in [1.82, 2.24) is 10.2 Å². The number of amides is 4. The number of hydrogen-bond donors (Lipinski definition) is 1. The Kier molecular flexibility index (Phi) is 6.08. The van der Waals surface area contributed by atoms with Gasteiger partial charge in [0.15, 0.2) is 6.10 Å². The van der Waals surface area contributed by atoms with Gasteiger partial charge in [-0.25, -0.2) is 14.1 Å². The van der Waals surface area contributed by atoms with E-state index in [0.29, 0.717) is 6.54 Å². The number of nitrogens with zero attached hydrogens (tertiary/aromatic N) is 2. The van der Waals surface area contributed by atoms with Crippen molar-refractivity contribution in [2.24, 2.45) is 5.92 Å². The normalized spacial score (nSPS) is 26.3. The van der Waals surface area contributed by atoms with Crippen molar-refractivity contribution in [2.45, 2.75) is 57.4 Å². The van der Waals surface area contributed by atoms with Gasteiger partial charge in [0.2, 0.25) is 5.91 Å². The van der Waals surface area contributed by atoms with E-state index in [2.05, 4.69) is 5.32 Å². The van der Waals surface area contributed by atoms with Crippen LogP contribution in [0.25, 0.3) is 0 Å². The summed E-state index contributed by atoms with van der Waals surface area (Å²) in [6, 6.07) is 12.0. The molecule has 2 aromatic rings. The monoisotopic (exact) mass is 465 g/mol. The Balaban J connectivity index is 1.39. The van der Waals surface area contributed by atoms with E-state index in [1.165, 1.54) is 29.2 Å². The first-order valence-electron chi connectivity index (χ1n) is 11.8. The molecule has 2 aliphatic heterocycles. The number of ether oxygens (including phenoxy) is 1. The summed E-state index contributed by atoms with van der Waals surface area (Å²) in [5.74, 6) is -1.20. The highest BCUT2D eigenvalue weighted by atomic mass is 19.1. The van der Waals surface area contributed by atoms with Gasteiger partial charge < -0.3 is 15.0 Å². The maximum atomic E-state index is 13.6. The van der Waals surface area contributed by atoms with Crippen molar-refractivity contribution in [3.63, 3.8) is 0 Å². The van der Waals surface area contributed by atoms with E-state index in [4.69, 9.17) is 4.74 Å². The molecule has 2 aromatic carbocycles. The first-order valence-corrected chi connectivity index (χ1v) is 11.8. The summed E-state index contributed by atoms with van der Waals surface area (Å²) in [7, 11) is 0. The molecule has 1 saturated carbocycles. The lowest BCUT2D eigenvalue weighted by atomic mass is 9.81. The van der Waals surface area contributed by atoms with Gasteiger partial charge in [0.25, 0.3) is 5.91 Å². The van der Waals surface area contributed by atoms with Crippen LogP contribution in [-0.2, 0) is 20.9 Å². The zero-order chi connectivity index (χ0) is 23.8. The molecule has 0 radical (unpaired) electrons. The smallest absolute Gasteiger partial charge is 0.332 e. The van der Waals surface area contributed by atoms with Crippen LogP contribution in [0.3, 0.4) is 0 Å². The van der Waals surface area contributed by atoms with Crippen LogP contribution in [0.2, 0.25) is 0 Å². The quantitative estimate of drug-likeness (QED) is 0.733. The molecule has 3 fully saturated rings. The first-order chi connectivity index (χ1) is 16.4. The molecule has 0 bridgehead atoms. The largest absolute Gasteiger partial charge is 0.363 e. The van der Waals surface area contributed by atoms with E-state index in [9.17, 15) is 18.8 Å². The molecule has 0 aromatic heterocycles. The highest BCUT2D eigenvalue weighted by molar-refractivity contribution is 6.18. The van der Waals surface area contributed by atoms with Crippen LogP contribution < -0.4 is 10.2 Å². The summed E-state index contributed by atoms with van der Waals surface area (Å²) in [4.78, 5) is 42.4. The molecule has 2 heterocycles. The number of aryl methyl sites for hydroxylation is 1. The molecule has 2 saturated heterocycles. The molecule has 0 spiro atoms. The highest BCUT2D eigenvalue weighted by Gasteiger charge is 2.58. The molecule has 34 heavy (non-hydrogen) atoms. The topological polar surface area (TPSA) is 79.0 Å². The number of carbonyl (C=O) groups is 3. The number of anilines is 1. The van der Waals surface area contributed by atoms with Gasteiger partial charge in [0.1, 0.15) is 12.4 Å². The zero-order valence-electron chi connectivity index (χ0n) is 19.1. The molecule has 1 N–H and O–H groups in total. The minimum Gasteiger partial charge on any atom is -0.363 e. The Morgan fingerprint density at radius 2 is 1.76 bits per heavy atom. The Bertz CT molecular complexity index is 1090. The van der Waals surface area contributed by atoms with Gasteiger partial charge in [-0.05, 0) is 49.6 Å². The summed E-state index contributed by atoms with van der Waals surface area (Å²) in [6.45, 7) is 2.17. The summed E-state index contributed by atoms with van der Waals surface area (Å²) in [6.07, 6.45) is 2.77. The van der Waals surface area contributed by atoms with Crippen LogP contribution in [0.5, 0.6) is 0 Å². The summed E-state index contributed by atoms with van der Waals surface area (Å²) in [5.41, 5.74) is 2.36. The van der Waals surface area contributed by atoms with Gasteiger partial charge in [0.05, 0.1) is 17.8 Å². The lowest BCUT2D eigenvalue weighted by Crippen LogP contribution is -2.66. The molecular weight excluding hydrogens is 437 g/mol. The minimum atomic E-state index is -0.833. The first kappa shape index (κ1) is 22.5. The molecule has 7 nitrogen and oxygen atoms in total. The fraction of sp³-hybridized carbons (Fsp3) is 0.423. The molecule has 1 aliphatic carbocycles. The number of carbonyl (C=O) groups excluding carboxylic acids is 3. The number of imide groups is 1. The lowest BCUT2D eigenvalue weighted by molar-refractivity contribution is -0.134. The van der Waals surface area contributed by atoms with Gasteiger partial charge in [0, 0.05) is 12.5 Å². The summed E-state index contributed by atoms with van der Waals surface area (Å²) < 4.78 is 19.6. The molecule has 4 unspecified atom stereocenters. The molecule has 4 atom stereocenters. The van der Waals surface area contributed by atoms with Gasteiger partial charge >= 0.3 is 6.03 Å². The van der Waals surface area contributed by atoms with Crippen LogP contribution in [0.15, 0.2) is 48.5 Å². The number of hydrogen-bond acceptors (Lipinski definition) is 4. The van der Waals surface area contributed by atoms with Crippen molar-refractivity contribution < 1.29 is 23.5 Å². The standard InChI is InChI=1S/C26H28FN3O4/c1-16-6-8-17(9-7-16)14-28-22(31)15-29-23-20-4-2-3-5-21(20)34-24(23)25(32)30(26(29)33)19-12-10-18(27)11-13-19/h6-13,20-21,23-24H,2-5,14-15H2,1H3,(H,28,31). The van der Waals surface area contributed by atoms with E-state index >= 15 is 0 Å². The maximum Gasteiger partial charge on any atom is 0.332 e. The predicted molar refractivity (Wildman–Crippen MR) is 123 cm³/mol. The van der Waals surface area contributed by atoms with E-state index in [0.717, 1.165) is 41.7 Å². The van der Waals surface area contributed by atoms with Gasteiger partial charge in [-0.2, -0.15) is 0 Å². The van der Waals surface area contributed by atoms with Crippen LogP contribution in [0, 0.1) is 18.7 Å². The molecule has 178 valence electrons. The van der Waals surface area contributed by atoms with E-state index in [1.54, 1.807) is 0 Å². The van der Waals surface area contributed by atoms with Crippen LogP contribution in [0.1, 0.15) is 36.8 Å². The van der Waals surface area contributed by atoms with Crippen molar-refractivity contribution >= 4 is 23.5 Å².